The Morgan fingerprint density at radius 2 is 1.88 bits per heavy atom. The minimum Gasteiger partial charge on any atom is -0.365 e. The molecule has 0 unspecified atom stereocenters. The number of hydrogen-bond acceptors (Lipinski definition) is 4. The van der Waals surface area contributed by atoms with E-state index in [1.807, 2.05) is 4.90 Å². The number of nitrogens with two attached hydrogens (primary N) is 1. The number of carbonyl (C=O) groups excluding carboxylic acids is 1. The first-order valence-electron chi connectivity index (χ1n) is 7.46. The number of carbonyl (C=O) groups is 1. The van der Waals surface area contributed by atoms with E-state index in [4.69, 9.17) is 5.73 Å². The Labute approximate surface area is 150 Å². The number of aromatic nitrogens is 2. The van der Waals surface area contributed by atoms with Gasteiger partial charge in [0.15, 0.2) is 5.69 Å². The highest BCUT2D eigenvalue weighted by atomic mass is 32.2. The second kappa shape index (κ2) is 6.67. The summed E-state index contributed by atoms with van der Waals surface area (Å²) in [6, 6.07) is 7.11. The van der Waals surface area contributed by atoms with E-state index in [-0.39, 0.29) is 5.69 Å². The van der Waals surface area contributed by atoms with Gasteiger partial charge in [-0.25, -0.2) is 9.07 Å². The van der Waals surface area contributed by atoms with Crippen molar-refractivity contribution < 1.29 is 22.4 Å². The quantitative estimate of drug-likeness (QED) is 0.816. The first-order chi connectivity index (χ1) is 12.2. The molecule has 0 fully saturated rings. The summed E-state index contributed by atoms with van der Waals surface area (Å²) in [5, 5.41) is 3.46. The average molecular weight is 386 g/mol. The Balaban J connectivity index is 1.92. The molecule has 138 valence electrons. The monoisotopic (exact) mass is 386 g/mol. The second-order valence-corrected chi connectivity index (χ2v) is 6.52. The van der Waals surface area contributed by atoms with Gasteiger partial charge in [-0.1, -0.05) is 11.8 Å². The molecule has 0 radical (unpaired) electrons. The molecule has 1 aliphatic rings. The Hall–Kier alpha value is -2.49. The lowest BCUT2D eigenvalue weighted by atomic mass is 10.2. The molecule has 1 amide bonds. The van der Waals surface area contributed by atoms with Gasteiger partial charge in [0, 0.05) is 11.4 Å². The third-order valence-corrected chi connectivity index (χ3v) is 5.08. The molecule has 2 heterocycles. The van der Waals surface area contributed by atoms with Crippen LogP contribution < -0.4 is 10.6 Å². The number of amides is 1. The Morgan fingerprint density at radius 3 is 2.38 bits per heavy atom. The maximum Gasteiger partial charge on any atom is 0.435 e. The topological polar surface area (TPSA) is 64.2 Å². The summed E-state index contributed by atoms with van der Waals surface area (Å²) in [6.45, 7) is 0.690. The van der Waals surface area contributed by atoms with Crippen molar-refractivity contribution in [3.8, 4) is 5.69 Å². The molecule has 0 spiro atoms. The molecule has 0 saturated carbocycles. The number of thioether (sulfide) groups is 1. The van der Waals surface area contributed by atoms with Crippen LogP contribution in [0.3, 0.4) is 0 Å². The number of benzene rings is 1. The van der Waals surface area contributed by atoms with Crippen LogP contribution in [0.1, 0.15) is 18.3 Å². The highest BCUT2D eigenvalue weighted by Gasteiger charge is 2.35. The van der Waals surface area contributed by atoms with Crippen molar-refractivity contribution in [2.45, 2.75) is 19.8 Å². The zero-order chi connectivity index (χ0) is 19.1. The minimum atomic E-state index is -4.64. The molecule has 1 aromatic carbocycles. The van der Waals surface area contributed by atoms with Crippen LogP contribution in [0.4, 0.5) is 23.2 Å². The first kappa shape index (κ1) is 18.3. The van der Waals surface area contributed by atoms with Crippen molar-refractivity contribution in [2.24, 2.45) is 5.73 Å². The van der Waals surface area contributed by atoms with Crippen LogP contribution >= 0.6 is 11.8 Å². The van der Waals surface area contributed by atoms with Gasteiger partial charge in [-0.15, -0.1) is 0 Å². The van der Waals surface area contributed by atoms with Gasteiger partial charge in [0.2, 0.25) is 0 Å². The van der Waals surface area contributed by atoms with Gasteiger partial charge in [-0.05, 0) is 37.3 Å². The maximum atomic E-state index is 13.1. The van der Waals surface area contributed by atoms with Gasteiger partial charge in [-0.2, -0.15) is 18.3 Å². The number of primary amides is 1. The molecule has 1 aromatic heterocycles. The van der Waals surface area contributed by atoms with E-state index in [9.17, 15) is 22.4 Å². The minimum absolute atomic E-state index is 0.186. The summed E-state index contributed by atoms with van der Waals surface area (Å²) in [7, 11) is 0. The lowest BCUT2D eigenvalue weighted by molar-refractivity contribution is -0.141. The van der Waals surface area contributed by atoms with E-state index in [0.717, 1.165) is 10.4 Å². The van der Waals surface area contributed by atoms with Crippen LogP contribution in [-0.4, -0.2) is 21.6 Å². The molecule has 2 N–H and O–H groups in total. The predicted octanol–water partition coefficient (Wildman–Crippen LogP) is 3.59. The van der Waals surface area contributed by atoms with E-state index in [1.165, 1.54) is 11.8 Å². The molecule has 10 heteroatoms. The van der Waals surface area contributed by atoms with Crippen molar-refractivity contribution >= 4 is 23.4 Å². The molecule has 0 bridgehead atoms. The Kier molecular flexibility index (Phi) is 4.70. The van der Waals surface area contributed by atoms with Gasteiger partial charge < -0.3 is 10.6 Å². The lowest BCUT2D eigenvalue weighted by Gasteiger charge is -2.19. The van der Waals surface area contributed by atoms with E-state index < -0.39 is 24.5 Å². The van der Waals surface area contributed by atoms with Crippen molar-refractivity contribution in [2.75, 3.05) is 10.8 Å². The van der Waals surface area contributed by atoms with E-state index >= 15 is 0 Å². The summed E-state index contributed by atoms with van der Waals surface area (Å²) in [5.74, 6) is -0.00505. The normalized spacial score (nSPS) is 15.0. The van der Waals surface area contributed by atoms with Crippen molar-refractivity contribution in [1.82, 2.24) is 9.78 Å². The predicted molar refractivity (Wildman–Crippen MR) is 90.2 cm³/mol. The highest BCUT2D eigenvalue weighted by Crippen LogP contribution is 2.36. The summed E-state index contributed by atoms with van der Waals surface area (Å²) in [4.78, 5) is 13.7. The van der Waals surface area contributed by atoms with Gasteiger partial charge in [0.05, 0.1) is 22.2 Å². The number of anilines is 1. The molecular weight excluding hydrogens is 372 g/mol. The van der Waals surface area contributed by atoms with Gasteiger partial charge in [0.25, 0.3) is 5.91 Å². The van der Waals surface area contributed by atoms with E-state index in [0.29, 0.717) is 28.2 Å². The Morgan fingerprint density at radius 1 is 1.27 bits per heavy atom. The van der Waals surface area contributed by atoms with Crippen LogP contribution in [0.25, 0.3) is 5.69 Å². The summed E-state index contributed by atoms with van der Waals surface area (Å²) in [5.41, 5.74) is 5.73. The van der Waals surface area contributed by atoms with Crippen LogP contribution in [0.2, 0.25) is 0 Å². The number of alkyl halides is 4. The fraction of sp³-hybridized carbons (Fsp3) is 0.250. The van der Waals surface area contributed by atoms with Crippen LogP contribution in [0.15, 0.2) is 40.9 Å². The standard InChI is InChI=1S/C16H14F4N4OS/c1-9-14(15(21)25)26-8-23(9)10-2-4-11(5-3-10)24-12(7-17)6-13(22-24)16(18,19)20/h2-6H,7-8H2,1H3,(H2,21,25). The lowest BCUT2D eigenvalue weighted by Crippen LogP contribution is -2.17. The first-order valence-corrected chi connectivity index (χ1v) is 8.44. The van der Waals surface area contributed by atoms with Gasteiger partial charge in [0.1, 0.15) is 6.67 Å². The molecule has 3 rings (SSSR count). The molecule has 26 heavy (non-hydrogen) atoms. The molecule has 5 nitrogen and oxygen atoms in total. The molecule has 0 saturated heterocycles. The largest absolute Gasteiger partial charge is 0.435 e. The van der Waals surface area contributed by atoms with Gasteiger partial charge >= 0.3 is 6.18 Å². The number of halogens is 4. The third kappa shape index (κ3) is 3.28. The van der Waals surface area contributed by atoms with Crippen LogP contribution in [0, 0.1) is 0 Å². The second-order valence-electron chi connectivity index (χ2n) is 5.56. The highest BCUT2D eigenvalue weighted by molar-refractivity contribution is 8.04. The van der Waals surface area contributed by atoms with Crippen LogP contribution in [0.5, 0.6) is 0 Å². The summed E-state index contributed by atoms with van der Waals surface area (Å²) < 4.78 is 52.4. The molecule has 1 aliphatic heterocycles. The summed E-state index contributed by atoms with van der Waals surface area (Å²) >= 11 is 1.31. The van der Waals surface area contributed by atoms with Crippen molar-refractivity contribution in [3.05, 3.63) is 52.3 Å². The molecular formula is C16H14F4N4OS. The molecule has 0 atom stereocenters. The summed E-state index contributed by atoms with van der Waals surface area (Å²) in [6.07, 6.45) is -4.64. The van der Waals surface area contributed by atoms with Crippen molar-refractivity contribution in [1.29, 1.82) is 0 Å². The number of allylic oxidation sites excluding steroid dienone is 1. The average Bonchev–Trinajstić information content (AvgIpc) is 3.18. The zero-order valence-electron chi connectivity index (χ0n) is 13.5. The van der Waals surface area contributed by atoms with Crippen LogP contribution in [-0.2, 0) is 17.6 Å². The fourth-order valence-corrected chi connectivity index (χ4v) is 3.68. The molecule has 0 aliphatic carbocycles. The third-order valence-electron chi connectivity index (χ3n) is 3.91. The maximum absolute atomic E-state index is 13.1. The fourth-order valence-electron chi connectivity index (χ4n) is 2.62. The number of hydrogen-bond donors (Lipinski definition) is 1. The molecule has 2 aromatic rings. The van der Waals surface area contributed by atoms with Crippen molar-refractivity contribution in [3.63, 3.8) is 0 Å². The zero-order valence-corrected chi connectivity index (χ0v) is 14.4. The SMILES string of the molecule is CC1=C(C(N)=O)SCN1c1ccc(-n2nc(C(F)(F)F)cc2CF)cc1. The number of rotatable bonds is 4. The Bertz CT molecular complexity index is 873. The van der Waals surface area contributed by atoms with E-state index in [2.05, 4.69) is 5.10 Å². The van der Waals surface area contributed by atoms with E-state index in [1.54, 1.807) is 31.2 Å². The number of nitrogens with zero attached hydrogens (tertiary/aromatic N) is 3. The smallest absolute Gasteiger partial charge is 0.365 e. The van der Waals surface area contributed by atoms with Gasteiger partial charge in [-0.3, -0.25) is 4.79 Å².